The highest BCUT2D eigenvalue weighted by atomic mass is 32.1. The van der Waals surface area contributed by atoms with Gasteiger partial charge in [0.1, 0.15) is 0 Å². The zero-order chi connectivity index (χ0) is 27.4. The van der Waals surface area contributed by atoms with Crippen molar-refractivity contribution in [3.63, 3.8) is 0 Å². The second-order valence-corrected chi connectivity index (χ2v) is 16.9. The number of hydrogen-bond donors (Lipinski definition) is 0. The van der Waals surface area contributed by atoms with Crippen molar-refractivity contribution < 1.29 is 0 Å². The summed E-state index contributed by atoms with van der Waals surface area (Å²) in [6.45, 7) is 0. The van der Waals surface area contributed by atoms with Gasteiger partial charge in [0.25, 0.3) is 0 Å². The lowest BCUT2D eigenvalue weighted by molar-refractivity contribution is 1.85. The summed E-state index contributed by atoms with van der Waals surface area (Å²) >= 11 is 11.6. The van der Waals surface area contributed by atoms with E-state index in [1.165, 1.54) is 89.8 Å². The fourth-order valence-corrected chi connectivity index (χ4v) is 13.1. The Bertz CT molecular complexity index is 2160. The second-order valence-electron chi connectivity index (χ2n) is 10.5. The summed E-state index contributed by atoms with van der Waals surface area (Å²) in [5.41, 5.74) is 0. The Balaban J connectivity index is 1.25. The molecule has 0 saturated heterocycles. The first-order valence-corrected chi connectivity index (χ1v) is 18.5. The Morgan fingerprint density at radius 3 is 0.881 bits per heavy atom. The van der Waals surface area contributed by atoms with Gasteiger partial charge in [-0.3, -0.25) is 0 Å². The summed E-state index contributed by atoms with van der Waals surface area (Å²) in [5.74, 6) is 0. The topological polar surface area (TPSA) is 0 Å². The molecule has 0 bridgehead atoms. The predicted molar refractivity (Wildman–Crippen MR) is 195 cm³/mol. The number of rotatable bonds is 3. The minimum Gasteiger partial charge on any atom is -0.134 e. The van der Waals surface area contributed by atoms with E-state index in [0.29, 0.717) is 0 Å². The monoisotopic (exact) mass is 642 g/mol. The maximum absolute atomic E-state index is 2.47. The highest BCUT2D eigenvalue weighted by Crippen LogP contribution is 2.52. The van der Waals surface area contributed by atoms with Gasteiger partial charge < -0.3 is 0 Å². The lowest BCUT2D eigenvalue weighted by Gasteiger charge is -1.96. The molecule has 0 unspecified atom stereocenters. The fraction of sp³-hybridized carbons (Fsp3) is 0. The van der Waals surface area contributed by atoms with E-state index in [2.05, 4.69) is 109 Å². The van der Waals surface area contributed by atoms with E-state index < -0.39 is 0 Å². The maximum Gasteiger partial charge on any atom is 0.0456 e. The smallest absolute Gasteiger partial charge is 0.0456 e. The van der Waals surface area contributed by atoms with Crippen LogP contribution in [0.4, 0.5) is 0 Å². The van der Waals surface area contributed by atoms with Gasteiger partial charge in [-0.15, -0.1) is 68.0 Å². The Morgan fingerprint density at radius 2 is 0.571 bits per heavy atom. The third kappa shape index (κ3) is 3.60. The van der Waals surface area contributed by atoms with Gasteiger partial charge in [-0.25, -0.2) is 0 Å². The van der Waals surface area contributed by atoms with Gasteiger partial charge in [0.15, 0.2) is 0 Å². The van der Waals surface area contributed by atoms with Crippen LogP contribution >= 0.6 is 68.0 Å². The first kappa shape index (κ1) is 24.1. The summed E-state index contributed by atoms with van der Waals surface area (Å²) < 4.78 is 8.30. The summed E-state index contributed by atoms with van der Waals surface area (Å²) in [6.07, 6.45) is 0. The second kappa shape index (κ2) is 9.07. The summed E-state index contributed by atoms with van der Waals surface area (Å²) in [4.78, 5) is 8.18. The predicted octanol–water partition coefficient (Wildman–Crippen LogP) is 14.0. The van der Waals surface area contributed by atoms with Gasteiger partial charge in [0.05, 0.1) is 0 Å². The molecule has 0 nitrogen and oxygen atoms in total. The molecule has 0 amide bonds. The van der Waals surface area contributed by atoms with E-state index in [4.69, 9.17) is 0 Å². The molecular weight excluding hydrogens is 625 g/mol. The molecule has 0 N–H and O–H groups in total. The highest BCUT2D eigenvalue weighted by molar-refractivity contribution is 7.33. The van der Waals surface area contributed by atoms with Crippen LogP contribution in [0.3, 0.4) is 0 Å². The van der Waals surface area contributed by atoms with Gasteiger partial charge in [-0.1, -0.05) is 54.6 Å². The van der Waals surface area contributed by atoms with Crippen molar-refractivity contribution in [2.75, 3.05) is 0 Å². The Morgan fingerprint density at radius 1 is 0.286 bits per heavy atom. The molecule has 0 atom stereocenters. The van der Waals surface area contributed by atoms with Crippen molar-refractivity contribution >= 4 is 129 Å². The van der Waals surface area contributed by atoms with E-state index in [9.17, 15) is 0 Å². The normalized spacial score (nSPS) is 12.3. The zero-order valence-electron chi connectivity index (χ0n) is 21.8. The first-order valence-electron chi connectivity index (χ1n) is 13.6. The third-order valence-electron chi connectivity index (χ3n) is 7.94. The average Bonchev–Trinajstić information content (AvgIpc) is 3.84. The van der Waals surface area contributed by atoms with E-state index in [-0.39, 0.29) is 0 Å². The molecule has 0 fully saturated rings. The van der Waals surface area contributed by atoms with Crippen molar-refractivity contribution in [2.45, 2.75) is 0 Å². The zero-order valence-corrected chi connectivity index (χ0v) is 26.7. The molecule has 10 rings (SSSR count). The number of hydrogen-bond acceptors (Lipinski definition) is 6. The van der Waals surface area contributed by atoms with Gasteiger partial charge in [-0.05, 0) is 70.8 Å². The molecule has 0 radical (unpaired) electrons. The molecule has 6 aromatic heterocycles. The molecule has 4 aromatic carbocycles. The minimum atomic E-state index is 1.33. The standard InChI is InChI=1S/C36H18S6/c1-4-10-25-19(7-1)13-28(37-25)31-16-22-34(40-31)23-17-32(29-14-20-8-2-5-11-26(20)38-29)42-36(23)24-18-33(41-35(22)24)30-15-21-9-3-6-12-27(21)39-30/h1-18H. The molecule has 0 aliphatic carbocycles. The molecule has 198 valence electrons. The van der Waals surface area contributed by atoms with Crippen LogP contribution in [-0.4, -0.2) is 0 Å². The third-order valence-corrected chi connectivity index (χ3v) is 15.4. The van der Waals surface area contributed by atoms with Crippen molar-refractivity contribution in [1.29, 1.82) is 0 Å². The van der Waals surface area contributed by atoms with Gasteiger partial charge in [0, 0.05) is 73.6 Å². The van der Waals surface area contributed by atoms with E-state index in [0.717, 1.165) is 0 Å². The molecule has 6 heteroatoms. The molecular formula is C36H18S6. The van der Waals surface area contributed by atoms with E-state index in [1.807, 2.05) is 68.0 Å². The van der Waals surface area contributed by atoms with Crippen LogP contribution in [0.5, 0.6) is 0 Å². The van der Waals surface area contributed by atoms with Crippen LogP contribution in [0.1, 0.15) is 0 Å². The molecule has 6 heterocycles. The summed E-state index contributed by atoms with van der Waals surface area (Å²) in [6, 6.07) is 40.7. The average molecular weight is 643 g/mol. The Kier molecular flexibility index (Phi) is 5.21. The largest absolute Gasteiger partial charge is 0.134 e. The van der Waals surface area contributed by atoms with Crippen molar-refractivity contribution in [1.82, 2.24) is 0 Å². The Hall–Kier alpha value is -3.36. The van der Waals surface area contributed by atoms with Crippen LogP contribution in [0, 0.1) is 0 Å². The van der Waals surface area contributed by atoms with Gasteiger partial charge in [-0.2, -0.15) is 0 Å². The van der Waals surface area contributed by atoms with Crippen LogP contribution in [0.2, 0.25) is 0 Å². The molecule has 10 aromatic rings. The minimum absolute atomic E-state index is 1.33. The van der Waals surface area contributed by atoms with Gasteiger partial charge in [0.2, 0.25) is 0 Å². The first-order chi connectivity index (χ1) is 20.7. The van der Waals surface area contributed by atoms with Crippen molar-refractivity contribution in [2.24, 2.45) is 0 Å². The van der Waals surface area contributed by atoms with Crippen molar-refractivity contribution in [3.8, 4) is 29.3 Å². The van der Waals surface area contributed by atoms with E-state index >= 15 is 0 Å². The number of thiophene rings is 6. The van der Waals surface area contributed by atoms with Crippen LogP contribution in [0.15, 0.2) is 109 Å². The Labute approximate surface area is 265 Å². The summed E-state index contributed by atoms with van der Waals surface area (Å²) in [7, 11) is 0. The van der Waals surface area contributed by atoms with Crippen molar-refractivity contribution in [3.05, 3.63) is 109 Å². The summed E-state index contributed by atoms with van der Waals surface area (Å²) in [5, 5.41) is 8.18. The SMILES string of the molecule is c1ccc2sc(-c3cc4c(s3)c3cc(-c5cc6ccccc6s5)sc3c3cc(-c5cc6ccccc6s5)sc43)cc2c1. The molecule has 0 saturated carbocycles. The fourth-order valence-electron chi connectivity index (χ4n) is 5.95. The lowest BCUT2D eigenvalue weighted by Crippen LogP contribution is -1.67. The number of fused-ring (bicyclic) bond motifs is 9. The van der Waals surface area contributed by atoms with Crippen LogP contribution < -0.4 is 0 Å². The molecule has 0 aliphatic heterocycles. The van der Waals surface area contributed by atoms with Gasteiger partial charge >= 0.3 is 0 Å². The molecule has 42 heavy (non-hydrogen) atoms. The number of benzene rings is 4. The lowest BCUT2D eigenvalue weighted by atomic mass is 10.1. The van der Waals surface area contributed by atoms with E-state index in [1.54, 1.807) is 0 Å². The maximum atomic E-state index is 2.47. The van der Waals surface area contributed by atoms with Crippen LogP contribution in [-0.2, 0) is 0 Å². The highest BCUT2D eigenvalue weighted by Gasteiger charge is 2.21. The van der Waals surface area contributed by atoms with Crippen LogP contribution in [0.25, 0.3) is 89.8 Å². The quantitative estimate of drug-likeness (QED) is 0.180. The molecule has 0 aliphatic rings. The molecule has 0 spiro atoms.